The summed E-state index contributed by atoms with van der Waals surface area (Å²) in [5, 5.41) is 12.6. The largest absolute Gasteiger partial charge is 0.378 e. The number of carbonyl (C=O) groups excluding carboxylic acids is 1. The van der Waals surface area contributed by atoms with Crippen molar-refractivity contribution in [2.24, 2.45) is 5.92 Å². The highest BCUT2D eigenvalue weighted by atomic mass is 32.2. The molecule has 1 saturated carbocycles. The van der Waals surface area contributed by atoms with Crippen LogP contribution >= 0.6 is 11.8 Å². The summed E-state index contributed by atoms with van der Waals surface area (Å²) in [5.41, 5.74) is 0.998. The molecule has 2 fully saturated rings. The summed E-state index contributed by atoms with van der Waals surface area (Å²) < 4.78 is 7.49. The number of nitrogens with one attached hydrogen (secondary N) is 1. The van der Waals surface area contributed by atoms with E-state index in [-0.39, 0.29) is 11.9 Å². The van der Waals surface area contributed by atoms with Gasteiger partial charge in [0, 0.05) is 19.1 Å². The Morgan fingerprint density at radius 2 is 2.00 bits per heavy atom. The van der Waals surface area contributed by atoms with Crippen LogP contribution < -0.4 is 10.2 Å². The van der Waals surface area contributed by atoms with Crippen LogP contribution in [0.3, 0.4) is 0 Å². The molecule has 1 atom stereocenters. The molecule has 2 aliphatic rings. The van der Waals surface area contributed by atoms with Crippen LogP contribution in [0.5, 0.6) is 0 Å². The van der Waals surface area contributed by atoms with E-state index >= 15 is 0 Å². The van der Waals surface area contributed by atoms with Gasteiger partial charge < -0.3 is 15.0 Å². The van der Waals surface area contributed by atoms with Crippen molar-refractivity contribution < 1.29 is 9.53 Å². The number of aromatic nitrogens is 3. The van der Waals surface area contributed by atoms with Crippen LogP contribution in [0.1, 0.15) is 19.8 Å². The van der Waals surface area contributed by atoms with Gasteiger partial charge >= 0.3 is 0 Å². The molecule has 8 heteroatoms. The van der Waals surface area contributed by atoms with E-state index in [1.807, 2.05) is 34.9 Å². The van der Waals surface area contributed by atoms with Gasteiger partial charge in [0.2, 0.25) is 11.9 Å². The second kappa shape index (κ2) is 8.31. The summed E-state index contributed by atoms with van der Waals surface area (Å²) in [6.07, 6.45) is 2.44. The molecule has 1 aromatic carbocycles. The fourth-order valence-electron chi connectivity index (χ4n) is 3.27. The molecule has 27 heavy (non-hydrogen) atoms. The summed E-state index contributed by atoms with van der Waals surface area (Å²) in [7, 11) is 0. The highest BCUT2D eigenvalue weighted by Crippen LogP contribution is 2.32. The van der Waals surface area contributed by atoms with Crippen molar-refractivity contribution >= 4 is 23.6 Å². The molecule has 144 valence electrons. The number of hydrogen-bond acceptors (Lipinski definition) is 6. The van der Waals surface area contributed by atoms with Gasteiger partial charge in [0.1, 0.15) is 0 Å². The predicted octanol–water partition coefficient (Wildman–Crippen LogP) is 2.11. The van der Waals surface area contributed by atoms with Crippen molar-refractivity contribution in [1.82, 2.24) is 20.1 Å². The fraction of sp³-hybridized carbons (Fsp3) is 0.526. The Morgan fingerprint density at radius 3 is 2.70 bits per heavy atom. The molecular weight excluding hydrogens is 362 g/mol. The SMILES string of the molecule is C[C@@H](NC(=O)CSc1nnc(N2CCOCC2)n1-c1ccccc1)C1CC1. The molecular formula is C19H25N5O2S. The van der Waals surface area contributed by atoms with E-state index in [0.717, 1.165) is 29.9 Å². The van der Waals surface area contributed by atoms with Crippen molar-refractivity contribution in [1.29, 1.82) is 0 Å². The standard InChI is InChI=1S/C19H25N5O2S/c1-14(15-7-8-15)20-17(25)13-27-19-22-21-18(23-9-11-26-12-10-23)24(19)16-5-3-2-4-6-16/h2-6,14-15H,7-13H2,1H3,(H,20,25)/t14-/m1/s1. The van der Waals surface area contributed by atoms with Crippen LogP contribution in [0, 0.1) is 5.92 Å². The number of anilines is 1. The number of rotatable bonds is 7. The minimum absolute atomic E-state index is 0.0509. The zero-order valence-electron chi connectivity index (χ0n) is 15.5. The van der Waals surface area contributed by atoms with E-state index in [2.05, 4.69) is 27.3 Å². The second-order valence-electron chi connectivity index (χ2n) is 7.04. The van der Waals surface area contributed by atoms with E-state index < -0.39 is 0 Å². The minimum atomic E-state index is 0.0509. The molecule has 1 aliphatic heterocycles. The van der Waals surface area contributed by atoms with Crippen LogP contribution in [0.15, 0.2) is 35.5 Å². The third-order valence-electron chi connectivity index (χ3n) is 4.97. The van der Waals surface area contributed by atoms with Crippen molar-refractivity contribution in [3.05, 3.63) is 30.3 Å². The third-order valence-corrected chi connectivity index (χ3v) is 5.90. The van der Waals surface area contributed by atoms with Crippen molar-refractivity contribution in [3.8, 4) is 5.69 Å². The number of thioether (sulfide) groups is 1. The third kappa shape index (κ3) is 4.44. The maximum atomic E-state index is 12.3. The van der Waals surface area contributed by atoms with Crippen LogP contribution in [0.4, 0.5) is 5.95 Å². The van der Waals surface area contributed by atoms with E-state index in [1.165, 1.54) is 24.6 Å². The molecule has 1 aliphatic carbocycles. The van der Waals surface area contributed by atoms with Crippen LogP contribution in [0.25, 0.3) is 5.69 Å². The maximum Gasteiger partial charge on any atom is 0.232 e. The number of benzene rings is 1. The first-order valence-corrected chi connectivity index (χ1v) is 10.5. The molecule has 7 nitrogen and oxygen atoms in total. The Balaban J connectivity index is 1.51. The van der Waals surface area contributed by atoms with Gasteiger partial charge in [-0.2, -0.15) is 0 Å². The van der Waals surface area contributed by atoms with Gasteiger partial charge in [-0.05, 0) is 37.8 Å². The number of morpholine rings is 1. The zero-order chi connectivity index (χ0) is 18.6. The lowest BCUT2D eigenvalue weighted by molar-refractivity contribution is -0.119. The Labute approximate surface area is 163 Å². The molecule has 1 amide bonds. The Kier molecular flexibility index (Phi) is 5.63. The second-order valence-corrected chi connectivity index (χ2v) is 7.98. The highest BCUT2D eigenvalue weighted by Gasteiger charge is 2.29. The van der Waals surface area contributed by atoms with E-state index in [0.29, 0.717) is 24.9 Å². The number of carbonyl (C=O) groups is 1. The molecule has 1 aromatic heterocycles. The highest BCUT2D eigenvalue weighted by molar-refractivity contribution is 7.99. The summed E-state index contributed by atoms with van der Waals surface area (Å²) >= 11 is 1.43. The van der Waals surface area contributed by atoms with E-state index in [4.69, 9.17) is 4.74 Å². The number of nitrogens with zero attached hydrogens (tertiary/aromatic N) is 4. The van der Waals surface area contributed by atoms with Gasteiger partial charge in [-0.25, -0.2) is 0 Å². The number of amides is 1. The van der Waals surface area contributed by atoms with Crippen molar-refractivity contribution in [3.63, 3.8) is 0 Å². The molecule has 0 radical (unpaired) electrons. The molecule has 0 bridgehead atoms. The first-order chi connectivity index (χ1) is 13.2. The minimum Gasteiger partial charge on any atom is -0.378 e. The lowest BCUT2D eigenvalue weighted by Crippen LogP contribution is -2.38. The van der Waals surface area contributed by atoms with E-state index in [1.54, 1.807) is 0 Å². The van der Waals surface area contributed by atoms with Gasteiger partial charge in [-0.1, -0.05) is 30.0 Å². The quantitative estimate of drug-likeness (QED) is 0.734. The topological polar surface area (TPSA) is 72.3 Å². The van der Waals surface area contributed by atoms with Gasteiger partial charge in [0.15, 0.2) is 5.16 Å². The predicted molar refractivity (Wildman–Crippen MR) is 105 cm³/mol. The molecule has 1 N–H and O–H groups in total. The molecule has 0 unspecified atom stereocenters. The van der Waals surface area contributed by atoms with Crippen molar-refractivity contribution in [2.45, 2.75) is 31.0 Å². The summed E-state index contributed by atoms with van der Waals surface area (Å²) in [4.78, 5) is 14.5. The Morgan fingerprint density at radius 1 is 1.26 bits per heavy atom. The van der Waals surface area contributed by atoms with E-state index in [9.17, 15) is 4.79 Å². The van der Waals surface area contributed by atoms with Gasteiger partial charge in [0.25, 0.3) is 0 Å². The lowest BCUT2D eigenvalue weighted by Gasteiger charge is -2.27. The number of ether oxygens (including phenoxy) is 1. The number of para-hydroxylation sites is 1. The summed E-state index contributed by atoms with van der Waals surface area (Å²) in [6, 6.07) is 10.3. The Bertz CT molecular complexity index is 772. The first kappa shape index (κ1) is 18.3. The summed E-state index contributed by atoms with van der Waals surface area (Å²) in [6.45, 7) is 5.03. The van der Waals surface area contributed by atoms with Crippen LogP contribution in [-0.4, -0.2) is 58.8 Å². The number of hydrogen-bond donors (Lipinski definition) is 1. The smallest absolute Gasteiger partial charge is 0.232 e. The fourth-order valence-corrected chi connectivity index (χ4v) is 4.02. The lowest BCUT2D eigenvalue weighted by atomic mass is 10.2. The first-order valence-electron chi connectivity index (χ1n) is 9.48. The van der Waals surface area contributed by atoms with Gasteiger partial charge in [-0.15, -0.1) is 10.2 Å². The van der Waals surface area contributed by atoms with Crippen molar-refractivity contribution in [2.75, 3.05) is 37.0 Å². The average Bonchev–Trinajstić information content (AvgIpc) is 3.47. The maximum absolute atomic E-state index is 12.3. The van der Waals surface area contributed by atoms with Crippen LogP contribution in [-0.2, 0) is 9.53 Å². The summed E-state index contributed by atoms with van der Waals surface area (Å²) in [5.74, 6) is 1.85. The molecule has 1 saturated heterocycles. The molecule has 4 rings (SSSR count). The molecule has 2 aromatic rings. The monoisotopic (exact) mass is 387 g/mol. The molecule has 2 heterocycles. The zero-order valence-corrected chi connectivity index (χ0v) is 16.3. The average molecular weight is 388 g/mol. The normalized spacial score (nSPS) is 18.3. The van der Waals surface area contributed by atoms with Gasteiger partial charge in [-0.3, -0.25) is 9.36 Å². The Hall–Kier alpha value is -2.06. The van der Waals surface area contributed by atoms with Crippen LogP contribution in [0.2, 0.25) is 0 Å². The van der Waals surface area contributed by atoms with Gasteiger partial charge in [0.05, 0.1) is 24.7 Å². The molecule has 0 spiro atoms.